The van der Waals surface area contributed by atoms with Gasteiger partial charge < -0.3 is 9.80 Å². The average molecular weight is 576 g/mol. The second-order valence-electron chi connectivity index (χ2n) is 6.42. The summed E-state index contributed by atoms with van der Waals surface area (Å²) in [7, 11) is -1.66. The number of nitrogens with zero attached hydrogens (tertiary/aromatic N) is 2. The number of carbonyl (C=O) groups is 2. The summed E-state index contributed by atoms with van der Waals surface area (Å²) in [5.41, 5.74) is 0.684. The molecule has 0 aliphatic rings. The smallest absolute Gasteiger partial charge is 0.260 e. The standard InChI is InChI=1S/C17H30I2N2O2Si/c1-8-20(9-2)16(22)13(15(19)24(5,6)7)12-14(18)17(23)21(10-3)11-4/h12H,8-11H2,1-7H3/b14-12-,15-13-. The molecule has 0 aromatic carbocycles. The molecule has 7 heteroatoms. The van der Waals surface area contributed by atoms with Gasteiger partial charge in [0.15, 0.2) is 0 Å². The first-order valence-corrected chi connectivity index (χ1v) is 14.1. The summed E-state index contributed by atoms with van der Waals surface area (Å²) >= 11 is 4.37. The Morgan fingerprint density at radius 1 is 0.833 bits per heavy atom. The number of rotatable bonds is 8. The lowest BCUT2D eigenvalue weighted by molar-refractivity contribution is -0.126. The first-order valence-electron chi connectivity index (χ1n) is 8.40. The molecule has 0 radical (unpaired) electrons. The molecule has 0 fully saturated rings. The fourth-order valence-electron chi connectivity index (χ4n) is 2.15. The zero-order valence-corrected chi connectivity index (χ0v) is 21.2. The quantitative estimate of drug-likeness (QED) is 0.184. The Balaban J connectivity index is 6.05. The Kier molecular flexibility index (Phi) is 11.0. The van der Waals surface area contributed by atoms with Crippen molar-refractivity contribution < 1.29 is 9.59 Å². The van der Waals surface area contributed by atoms with Crippen LogP contribution in [0.25, 0.3) is 0 Å². The predicted octanol–water partition coefficient (Wildman–Crippen LogP) is 4.61. The van der Waals surface area contributed by atoms with Crippen LogP contribution in [0.2, 0.25) is 19.6 Å². The van der Waals surface area contributed by atoms with Gasteiger partial charge in [-0.1, -0.05) is 42.2 Å². The van der Waals surface area contributed by atoms with Crippen LogP contribution >= 0.6 is 45.2 Å². The molecule has 0 bridgehead atoms. The van der Waals surface area contributed by atoms with Crippen molar-refractivity contribution in [3.8, 4) is 0 Å². The van der Waals surface area contributed by atoms with Crippen LogP contribution in [-0.4, -0.2) is 55.9 Å². The monoisotopic (exact) mass is 576 g/mol. The summed E-state index contributed by atoms with van der Waals surface area (Å²) in [6.07, 6.45) is 1.79. The van der Waals surface area contributed by atoms with Crippen molar-refractivity contribution >= 4 is 65.1 Å². The van der Waals surface area contributed by atoms with Crippen LogP contribution < -0.4 is 0 Å². The van der Waals surface area contributed by atoms with Gasteiger partial charge in [0.1, 0.15) is 0 Å². The molecule has 0 rings (SSSR count). The highest BCUT2D eigenvalue weighted by molar-refractivity contribution is 14.1. The summed E-state index contributed by atoms with van der Waals surface area (Å²) in [6, 6.07) is 0. The van der Waals surface area contributed by atoms with Crippen molar-refractivity contribution in [1.82, 2.24) is 9.80 Å². The third-order valence-electron chi connectivity index (χ3n) is 3.70. The summed E-state index contributed by atoms with van der Waals surface area (Å²) < 4.78 is 1.71. The molecule has 0 heterocycles. The molecule has 0 saturated heterocycles. The van der Waals surface area contributed by atoms with E-state index in [9.17, 15) is 9.59 Å². The maximum Gasteiger partial charge on any atom is 0.260 e. The maximum atomic E-state index is 13.0. The van der Waals surface area contributed by atoms with Gasteiger partial charge in [-0.05, 0) is 59.6 Å². The van der Waals surface area contributed by atoms with Crippen LogP contribution in [0.4, 0.5) is 0 Å². The molecule has 24 heavy (non-hydrogen) atoms. The number of hydrogen-bond donors (Lipinski definition) is 0. The van der Waals surface area contributed by atoms with E-state index in [0.29, 0.717) is 35.3 Å². The summed E-state index contributed by atoms with van der Waals surface area (Å²) in [4.78, 5) is 29.1. The summed E-state index contributed by atoms with van der Waals surface area (Å²) in [6.45, 7) is 17.2. The van der Waals surface area contributed by atoms with Gasteiger partial charge in [0.25, 0.3) is 11.8 Å². The van der Waals surface area contributed by atoms with Crippen molar-refractivity contribution in [1.29, 1.82) is 0 Å². The largest absolute Gasteiger partial charge is 0.339 e. The van der Waals surface area contributed by atoms with Crippen molar-refractivity contribution in [3.05, 3.63) is 18.4 Å². The van der Waals surface area contributed by atoms with E-state index in [1.165, 1.54) is 0 Å². The maximum absolute atomic E-state index is 13.0. The van der Waals surface area contributed by atoms with E-state index in [1.807, 2.05) is 32.6 Å². The van der Waals surface area contributed by atoms with Gasteiger partial charge in [-0.2, -0.15) is 0 Å². The van der Waals surface area contributed by atoms with Crippen LogP contribution in [0.15, 0.2) is 18.4 Å². The molecular formula is C17H30I2N2O2Si. The van der Waals surface area contributed by atoms with E-state index in [-0.39, 0.29) is 11.8 Å². The summed E-state index contributed by atoms with van der Waals surface area (Å²) in [5.74, 6) is 0.0126. The molecule has 4 nitrogen and oxygen atoms in total. The van der Waals surface area contributed by atoms with Crippen molar-refractivity contribution in [2.45, 2.75) is 47.3 Å². The van der Waals surface area contributed by atoms with Gasteiger partial charge in [0.2, 0.25) is 0 Å². The first kappa shape index (κ1) is 24.1. The van der Waals surface area contributed by atoms with Gasteiger partial charge in [0, 0.05) is 31.8 Å². The van der Waals surface area contributed by atoms with E-state index >= 15 is 0 Å². The minimum atomic E-state index is -1.66. The second-order valence-corrected chi connectivity index (χ2v) is 14.7. The number of amides is 2. The van der Waals surface area contributed by atoms with Crippen LogP contribution in [0, 0.1) is 0 Å². The molecule has 0 atom stereocenters. The van der Waals surface area contributed by atoms with E-state index in [4.69, 9.17) is 0 Å². The highest BCUT2D eigenvalue weighted by Crippen LogP contribution is 2.29. The lowest BCUT2D eigenvalue weighted by Gasteiger charge is -2.24. The first-order chi connectivity index (χ1) is 11.0. The van der Waals surface area contributed by atoms with Crippen LogP contribution in [0.3, 0.4) is 0 Å². The van der Waals surface area contributed by atoms with E-state index in [2.05, 4.69) is 64.8 Å². The van der Waals surface area contributed by atoms with Gasteiger partial charge in [-0.15, -0.1) is 0 Å². The molecule has 0 aliphatic heterocycles. The highest BCUT2D eigenvalue weighted by Gasteiger charge is 2.27. The third kappa shape index (κ3) is 6.78. The zero-order valence-electron chi connectivity index (χ0n) is 15.9. The Hall–Kier alpha value is 0.0969. The molecule has 0 saturated carbocycles. The zero-order chi connectivity index (χ0) is 19.1. The Labute approximate surface area is 175 Å². The Morgan fingerprint density at radius 2 is 1.21 bits per heavy atom. The number of likely N-dealkylation sites (N-methyl/N-ethyl adjacent to an activating group) is 2. The number of halogens is 2. The molecule has 0 spiro atoms. The summed E-state index contributed by atoms with van der Waals surface area (Å²) in [5, 5.41) is 0. The fourth-order valence-corrected chi connectivity index (χ4v) is 4.18. The van der Waals surface area contributed by atoms with E-state index in [1.54, 1.807) is 11.0 Å². The second kappa shape index (κ2) is 10.9. The Morgan fingerprint density at radius 3 is 1.54 bits per heavy atom. The van der Waals surface area contributed by atoms with Crippen LogP contribution in [-0.2, 0) is 9.59 Å². The van der Waals surface area contributed by atoms with Crippen molar-refractivity contribution in [2.75, 3.05) is 26.2 Å². The van der Waals surface area contributed by atoms with Crippen molar-refractivity contribution in [2.24, 2.45) is 0 Å². The van der Waals surface area contributed by atoms with Gasteiger partial charge in [0.05, 0.1) is 11.7 Å². The molecule has 0 N–H and O–H groups in total. The van der Waals surface area contributed by atoms with E-state index < -0.39 is 8.07 Å². The van der Waals surface area contributed by atoms with Gasteiger partial charge >= 0.3 is 0 Å². The van der Waals surface area contributed by atoms with Crippen LogP contribution in [0.5, 0.6) is 0 Å². The minimum Gasteiger partial charge on any atom is -0.339 e. The SMILES string of the molecule is CCN(CC)C(=O)/C(I)=C/C(C(=O)N(CC)CC)=C(\I)[Si](C)(C)C. The molecule has 2 amide bonds. The fraction of sp³-hybridized carbons (Fsp3) is 0.647. The van der Waals surface area contributed by atoms with Crippen LogP contribution in [0.1, 0.15) is 27.7 Å². The average Bonchev–Trinajstić information content (AvgIpc) is 2.52. The lowest BCUT2D eigenvalue weighted by Crippen LogP contribution is -2.34. The molecule has 0 unspecified atom stereocenters. The molecule has 0 aromatic heterocycles. The highest BCUT2D eigenvalue weighted by atomic mass is 127. The lowest BCUT2D eigenvalue weighted by atomic mass is 10.2. The molecular weight excluding hydrogens is 546 g/mol. The molecule has 0 aromatic rings. The minimum absolute atomic E-state index is 0.00905. The predicted molar refractivity (Wildman–Crippen MR) is 122 cm³/mol. The third-order valence-corrected chi connectivity index (χ3v) is 11.5. The molecule has 138 valence electrons. The van der Waals surface area contributed by atoms with E-state index in [0.717, 1.165) is 3.20 Å². The Bertz CT molecular complexity index is 517. The van der Waals surface area contributed by atoms with Crippen molar-refractivity contribution in [3.63, 3.8) is 0 Å². The topological polar surface area (TPSA) is 40.6 Å². The normalized spacial score (nSPS) is 13.5. The number of hydrogen-bond acceptors (Lipinski definition) is 2. The molecule has 0 aliphatic carbocycles. The van der Waals surface area contributed by atoms with Gasteiger partial charge in [-0.25, -0.2) is 0 Å². The van der Waals surface area contributed by atoms with Gasteiger partial charge in [-0.3, -0.25) is 9.59 Å². The number of carbonyl (C=O) groups excluding carboxylic acids is 2.